The Labute approximate surface area is 183 Å². The van der Waals surface area contributed by atoms with Crippen molar-refractivity contribution < 1.29 is 9.90 Å². The van der Waals surface area contributed by atoms with E-state index < -0.39 is 5.60 Å². The zero-order chi connectivity index (χ0) is 19.2. The number of rotatable bonds is 7. The van der Waals surface area contributed by atoms with Crippen molar-refractivity contribution in [1.82, 2.24) is 15.5 Å². The van der Waals surface area contributed by atoms with Gasteiger partial charge in [0.15, 0.2) is 5.96 Å². The summed E-state index contributed by atoms with van der Waals surface area (Å²) < 4.78 is 0. The van der Waals surface area contributed by atoms with Gasteiger partial charge in [0.1, 0.15) is 5.60 Å². The number of halogens is 1. The van der Waals surface area contributed by atoms with Crippen LogP contribution in [-0.4, -0.2) is 55.6 Å². The van der Waals surface area contributed by atoms with E-state index in [9.17, 15) is 9.90 Å². The van der Waals surface area contributed by atoms with E-state index in [2.05, 4.69) is 15.6 Å². The first-order valence-corrected chi connectivity index (χ1v) is 10.2. The van der Waals surface area contributed by atoms with E-state index in [1.165, 1.54) is 11.3 Å². The minimum absolute atomic E-state index is 0. The predicted octanol–water partition coefficient (Wildman–Crippen LogP) is 2.78. The van der Waals surface area contributed by atoms with Crippen molar-refractivity contribution in [3.05, 3.63) is 22.4 Å². The SMILES string of the molecule is CCNC(=NCC(C)(O)c1cccs1)NCC1(C(=O)N(C)C)CCCC1.I. The lowest BCUT2D eigenvalue weighted by Gasteiger charge is -2.31. The van der Waals surface area contributed by atoms with Gasteiger partial charge < -0.3 is 20.6 Å². The number of thiophene rings is 1. The lowest BCUT2D eigenvalue weighted by molar-refractivity contribution is -0.138. The number of nitrogens with one attached hydrogen (secondary N) is 2. The summed E-state index contributed by atoms with van der Waals surface area (Å²) in [4.78, 5) is 19.8. The summed E-state index contributed by atoms with van der Waals surface area (Å²) in [5, 5.41) is 19.2. The Hall–Kier alpha value is -0.870. The van der Waals surface area contributed by atoms with Gasteiger partial charge >= 0.3 is 0 Å². The van der Waals surface area contributed by atoms with Gasteiger partial charge in [0.2, 0.25) is 5.91 Å². The molecule has 1 amide bonds. The number of aliphatic imine (C=N–C) groups is 1. The van der Waals surface area contributed by atoms with Gasteiger partial charge in [-0.15, -0.1) is 35.3 Å². The Morgan fingerprint density at radius 3 is 2.56 bits per heavy atom. The summed E-state index contributed by atoms with van der Waals surface area (Å²) in [6.07, 6.45) is 3.98. The molecule has 27 heavy (non-hydrogen) atoms. The first-order valence-electron chi connectivity index (χ1n) is 9.31. The summed E-state index contributed by atoms with van der Waals surface area (Å²) in [7, 11) is 3.64. The van der Waals surface area contributed by atoms with E-state index in [1.807, 2.05) is 38.5 Å². The molecule has 3 N–H and O–H groups in total. The summed E-state index contributed by atoms with van der Waals surface area (Å²) >= 11 is 1.52. The summed E-state index contributed by atoms with van der Waals surface area (Å²) in [5.41, 5.74) is -1.35. The summed E-state index contributed by atoms with van der Waals surface area (Å²) in [6.45, 7) is 5.33. The van der Waals surface area contributed by atoms with Gasteiger partial charge in [0.05, 0.1) is 12.0 Å². The van der Waals surface area contributed by atoms with E-state index in [1.54, 1.807) is 11.8 Å². The van der Waals surface area contributed by atoms with E-state index in [4.69, 9.17) is 0 Å². The van der Waals surface area contributed by atoms with Crippen molar-refractivity contribution in [2.45, 2.75) is 45.1 Å². The maximum atomic E-state index is 12.7. The third-order valence-electron chi connectivity index (χ3n) is 4.96. The van der Waals surface area contributed by atoms with Crippen molar-refractivity contribution in [3.63, 3.8) is 0 Å². The number of guanidine groups is 1. The van der Waals surface area contributed by atoms with Crippen LogP contribution in [0.3, 0.4) is 0 Å². The quantitative estimate of drug-likeness (QED) is 0.301. The monoisotopic (exact) mass is 508 g/mol. The minimum Gasteiger partial charge on any atom is -0.383 e. The predicted molar refractivity (Wildman–Crippen MR) is 123 cm³/mol. The molecule has 1 fully saturated rings. The molecule has 0 spiro atoms. The van der Waals surface area contributed by atoms with E-state index in [0.29, 0.717) is 12.5 Å². The van der Waals surface area contributed by atoms with Crippen LogP contribution in [0.2, 0.25) is 0 Å². The Morgan fingerprint density at radius 1 is 1.37 bits per heavy atom. The van der Waals surface area contributed by atoms with Crippen LogP contribution >= 0.6 is 35.3 Å². The molecule has 2 rings (SSSR count). The first-order chi connectivity index (χ1) is 12.3. The number of amides is 1. The van der Waals surface area contributed by atoms with Gasteiger partial charge in [-0.3, -0.25) is 4.79 Å². The third kappa shape index (κ3) is 6.32. The highest BCUT2D eigenvalue weighted by Crippen LogP contribution is 2.38. The van der Waals surface area contributed by atoms with Crippen LogP contribution in [0.5, 0.6) is 0 Å². The molecule has 0 aliphatic heterocycles. The summed E-state index contributed by atoms with van der Waals surface area (Å²) in [5.74, 6) is 0.825. The average molecular weight is 508 g/mol. The smallest absolute Gasteiger partial charge is 0.230 e. The summed E-state index contributed by atoms with van der Waals surface area (Å²) in [6, 6.07) is 3.85. The van der Waals surface area contributed by atoms with Gasteiger partial charge in [-0.25, -0.2) is 4.99 Å². The molecule has 1 aromatic rings. The highest BCUT2D eigenvalue weighted by Gasteiger charge is 2.42. The number of carbonyl (C=O) groups is 1. The molecule has 154 valence electrons. The van der Waals surface area contributed by atoms with Crippen LogP contribution in [0.25, 0.3) is 0 Å². The van der Waals surface area contributed by atoms with Gasteiger partial charge in [-0.05, 0) is 38.1 Å². The fourth-order valence-electron chi connectivity index (χ4n) is 3.48. The molecule has 1 heterocycles. The molecule has 6 nitrogen and oxygen atoms in total. The van der Waals surface area contributed by atoms with Crippen molar-refractivity contribution >= 4 is 47.2 Å². The fraction of sp³-hybridized carbons (Fsp3) is 0.684. The normalized spacial score (nSPS) is 18.3. The highest BCUT2D eigenvalue weighted by molar-refractivity contribution is 14.0. The number of hydrogen-bond donors (Lipinski definition) is 3. The van der Waals surface area contributed by atoms with Gasteiger partial charge in [-0.1, -0.05) is 18.9 Å². The molecule has 0 bridgehead atoms. The Morgan fingerprint density at radius 2 is 2.04 bits per heavy atom. The second-order valence-corrected chi connectivity index (χ2v) is 8.43. The van der Waals surface area contributed by atoms with E-state index in [0.717, 1.165) is 37.1 Å². The molecule has 0 radical (unpaired) electrons. The molecule has 1 saturated carbocycles. The molecular formula is C19H33IN4O2S. The maximum absolute atomic E-state index is 12.7. The second kappa shape index (κ2) is 10.6. The van der Waals surface area contributed by atoms with Crippen LogP contribution in [0.1, 0.15) is 44.4 Å². The Kier molecular flexibility index (Phi) is 9.50. The molecule has 1 aromatic heterocycles. The lowest BCUT2D eigenvalue weighted by Crippen LogP contribution is -2.49. The minimum atomic E-state index is -0.999. The van der Waals surface area contributed by atoms with Crippen LogP contribution in [-0.2, 0) is 10.4 Å². The molecule has 1 unspecified atom stereocenters. The Bertz CT molecular complexity index is 611. The zero-order valence-corrected chi connectivity index (χ0v) is 19.9. The largest absolute Gasteiger partial charge is 0.383 e. The zero-order valence-electron chi connectivity index (χ0n) is 16.7. The molecule has 0 saturated heterocycles. The number of aliphatic hydroxyl groups is 1. The second-order valence-electron chi connectivity index (χ2n) is 7.49. The van der Waals surface area contributed by atoms with Crippen molar-refractivity contribution in [1.29, 1.82) is 0 Å². The van der Waals surface area contributed by atoms with Gasteiger partial charge in [-0.2, -0.15) is 0 Å². The third-order valence-corrected chi connectivity index (χ3v) is 6.08. The average Bonchev–Trinajstić information content (AvgIpc) is 3.29. The number of hydrogen-bond acceptors (Lipinski definition) is 4. The molecular weight excluding hydrogens is 475 g/mol. The maximum Gasteiger partial charge on any atom is 0.230 e. The van der Waals surface area contributed by atoms with Crippen LogP contribution in [0.4, 0.5) is 0 Å². The number of carbonyl (C=O) groups excluding carboxylic acids is 1. The van der Waals surface area contributed by atoms with Gasteiger partial charge in [0, 0.05) is 32.1 Å². The van der Waals surface area contributed by atoms with Gasteiger partial charge in [0.25, 0.3) is 0 Å². The number of nitrogens with zero attached hydrogens (tertiary/aromatic N) is 2. The molecule has 1 aliphatic carbocycles. The topological polar surface area (TPSA) is 77.0 Å². The molecule has 8 heteroatoms. The molecule has 1 atom stereocenters. The molecule has 1 aliphatic rings. The van der Waals surface area contributed by atoms with Crippen molar-refractivity contribution in [2.24, 2.45) is 10.4 Å². The van der Waals surface area contributed by atoms with Crippen LogP contribution < -0.4 is 10.6 Å². The van der Waals surface area contributed by atoms with Crippen LogP contribution in [0.15, 0.2) is 22.5 Å². The first kappa shape index (κ1) is 24.2. The molecule has 0 aromatic carbocycles. The fourth-order valence-corrected chi connectivity index (χ4v) is 4.26. The van der Waals surface area contributed by atoms with Crippen LogP contribution in [0, 0.1) is 5.41 Å². The highest BCUT2D eigenvalue weighted by atomic mass is 127. The van der Waals surface area contributed by atoms with Crippen molar-refractivity contribution in [2.75, 3.05) is 33.7 Å². The van der Waals surface area contributed by atoms with Crippen molar-refractivity contribution in [3.8, 4) is 0 Å². The Balaban J connectivity index is 0.00000364. The lowest BCUT2D eigenvalue weighted by atomic mass is 9.84. The van der Waals surface area contributed by atoms with E-state index >= 15 is 0 Å². The standard InChI is InChI=1S/C19H32N4O2S.HI/c1-5-20-17(21-13-18(2,25)15-9-8-12-26-15)22-14-19(10-6-7-11-19)16(24)23(3)4;/h8-9,12,25H,5-7,10-11,13-14H2,1-4H3,(H2,20,21,22);1H. The van der Waals surface area contributed by atoms with E-state index in [-0.39, 0.29) is 41.8 Å².